The highest BCUT2D eigenvalue weighted by molar-refractivity contribution is 8.03. The molecule has 0 bridgehead atoms. The molecule has 0 amide bonds. The summed E-state index contributed by atoms with van der Waals surface area (Å²) in [4.78, 5) is 11.7. The molecular formula is C8H9ClOS. The third-order valence-corrected chi connectivity index (χ3v) is 2.77. The van der Waals surface area contributed by atoms with E-state index >= 15 is 0 Å². The minimum Gasteiger partial charge on any atom is -0.281 e. The molecule has 0 N–H and O–H groups in total. The van der Waals surface area contributed by atoms with Gasteiger partial charge in [-0.2, -0.15) is 0 Å². The highest BCUT2D eigenvalue weighted by Crippen LogP contribution is 2.28. The standard InChI is InChI=1S/C8H9ClOS/c1-6-3-2-4-11-7(6)5-8(9)10/h2-3H,4-5H2,1H3. The molecule has 1 aliphatic heterocycles. The van der Waals surface area contributed by atoms with Crippen molar-refractivity contribution in [2.24, 2.45) is 0 Å². The Kier molecular flexibility index (Phi) is 3.21. The molecule has 0 spiro atoms. The largest absolute Gasteiger partial charge is 0.281 e. The van der Waals surface area contributed by atoms with Crippen molar-refractivity contribution >= 4 is 28.6 Å². The third kappa shape index (κ3) is 2.72. The van der Waals surface area contributed by atoms with Crippen LogP contribution in [0.1, 0.15) is 13.3 Å². The molecule has 0 saturated heterocycles. The van der Waals surface area contributed by atoms with E-state index in [2.05, 4.69) is 6.08 Å². The Morgan fingerprint density at radius 3 is 3.09 bits per heavy atom. The molecule has 1 rings (SSSR count). The first kappa shape index (κ1) is 8.88. The van der Waals surface area contributed by atoms with Crippen LogP contribution in [0.25, 0.3) is 0 Å². The molecule has 1 nitrogen and oxygen atoms in total. The zero-order valence-corrected chi connectivity index (χ0v) is 7.84. The van der Waals surface area contributed by atoms with Crippen LogP contribution < -0.4 is 0 Å². The molecule has 0 aromatic carbocycles. The Morgan fingerprint density at radius 2 is 2.55 bits per heavy atom. The summed E-state index contributed by atoms with van der Waals surface area (Å²) in [5, 5.41) is -0.276. The van der Waals surface area contributed by atoms with E-state index in [0.29, 0.717) is 6.42 Å². The van der Waals surface area contributed by atoms with Gasteiger partial charge < -0.3 is 0 Å². The van der Waals surface area contributed by atoms with E-state index < -0.39 is 0 Å². The van der Waals surface area contributed by atoms with Gasteiger partial charge in [-0.15, -0.1) is 11.8 Å². The molecule has 1 heterocycles. The minimum absolute atomic E-state index is 0.276. The summed E-state index contributed by atoms with van der Waals surface area (Å²) in [6.45, 7) is 2.00. The molecule has 11 heavy (non-hydrogen) atoms. The van der Waals surface area contributed by atoms with E-state index in [9.17, 15) is 4.79 Å². The lowest BCUT2D eigenvalue weighted by Gasteiger charge is -2.09. The van der Waals surface area contributed by atoms with Crippen molar-refractivity contribution in [2.75, 3.05) is 5.75 Å². The fourth-order valence-corrected chi connectivity index (χ4v) is 2.03. The van der Waals surface area contributed by atoms with Gasteiger partial charge >= 0.3 is 0 Å². The lowest BCUT2D eigenvalue weighted by atomic mass is 10.2. The van der Waals surface area contributed by atoms with Gasteiger partial charge in [0.25, 0.3) is 0 Å². The van der Waals surface area contributed by atoms with Crippen molar-refractivity contribution in [2.45, 2.75) is 13.3 Å². The first-order valence-electron chi connectivity index (χ1n) is 3.37. The molecule has 0 unspecified atom stereocenters. The maximum atomic E-state index is 10.6. The van der Waals surface area contributed by atoms with Gasteiger partial charge in [-0.05, 0) is 29.0 Å². The molecule has 0 fully saturated rings. The number of rotatable bonds is 2. The Bertz CT molecular complexity index is 230. The fraction of sp³-hybridized carbons (Fsp3) is 0.375. The van der Waals surface area contributed by atoms with Crippen molar-refractivity contribution < 1.29 is 4.79 Å². The summed E-state index contributed by atoms with van der Waals surface area (Å²) in [6.07, 6.45) is 4.50. The average molecular weight is 189 g/mol. The summed E-state index contributed by atoms with van der Waals surface area (Å²) < 4.78 is 0. The predicted octanol–water partition coefficient (Wildman–Crippen LogP) is 2.72. The van der Waals surface area contributed by atoms with Crippen LogP contribution in [-0.4, -0.2) is 11.0 Å². The molecule has 0 saturated carbocycles. The second-order valence-electron chi connectivity index (χ2n) is 2.35. The summed E-state index contributed by atoms with van der Waals surface area (Å²) in [5.41, 5.74) is 1.16. The first-order chi connectivity index (χ1) is 5.20. The van der Waals surface area contributed by atoms with Crippen molar-refractivity contribution in [3.05, 3.63) is 22.6 Å². The number of carbonyl (C=O) groups is 1. The van der Waals surface area contributed by atoms with E-state index in [1.807, 2.05) is 13.0 Å². The smallest absolute Gasteiger partial charge is 0.226 e. The number of thioether (sulfide) groups is 1. The summed E-state index contributed by atoms with van der Waals surface area (Å²) in [5.74, 6) is 0.955. The van der Waals surface area contributed by atoms with Gasteiger partial charge in [0.15, 0.2) is 0 Å². The molecule has 0 atom stereocenters. The van der Waals surface area contributed by atoms with Gasteiger partial charge in [0.1, 0.15) is 0 Å². The van der Waals surface area contributed by atoms with E-state index in [4.69, 9.17) is 11.6 Å². The summed E-state index contributed by atoms with van der Waals surface area (Å²) in [6, 6.07) is 0. The molecular weight excluding hydrogens is 180 g/mol. The first-order valence-corrected chi connectivity index (χ1v) is 4.74. The van der Waals surface area contributed by atoms with Crippen LogP contribution in [0.5, 0.6) is 0 Å². The number of hydrogen-bond acceptors (Lipinski definition) is 2. The maximum Gasteiger partial charge on any atom is 0.226 e. The monoisotopic (exact) mass is 188 g/mol. The van der Waals surface area contributed by atoms with E-state index in [0.717, 1.165) is 16.2 Å². The predicted molar refractivity (Wildman–Crippen MR) is 49.8 cm³/mol. The van der Waals surface area contributed by atoms with Crippen LogP contribution in [-0.2, 0) is 4.79 Å². The lowest BCUT2D eigenvalue weighted by Crippen LogP contribution is -1.94. The summed E-state index contributed by atoms with van der Waals surface area (Å²) in [7, 11) is 0. The topological polar surface area (TPSA) is 17.1 Å². The van der Waals surface area contributed by atoms with Crippen molar-refractivity contribution in [3.63, 3.8) is 0 Å². The molecule has 0 aromatic heterocycles. The second kappa shape index (κ2) is 3.98. The van der Waals surface area contributed by atoms with Crippen molar-refractivity contribution in [1.82, 2.24) is 0 Å². The van der Waals surface area contributed by atoms with Gasteiger partial charge in [0.05, 0.1) is 6.42 Å². The summed E-state index contributed by atoms with van der Waals surface area (Å²) >= 11 is 6.95. The Hall–Kier alpha value is -0.210. The van der Waals surface area contributed by atoms with Crippen molar-refractivity contribution in [1.29, 1.82) is 0 Å². The van der Waals surface area contributed by atoms with E-state index in [-0.39, 0.29) is 5.24 Å². The second-order valence-corrected chi connectivity index (χ2v) is 3.89. The van der Waals surface area contributed by atoms with E-state index in [1.54, 1.807) is 11.8 Å². The SMILES string of the molecule is CC1=C(CC(=O)Cl)SCC=C1. The van der Waals surface area contributed by atoms with Gasteiger partial charge in [-0.25, -0.2) is 0 Å². The normalized spacial score (nSPS) is 17.3. The number of allylic oxidation sites excluding steroid dienone is 3. The fourth-order valence-electron chi connectivity index (χ4n) is 0.897. The Labute approximate surface area is 75.5 Å². The molecule has 60 valence electrons. The van der Waals surface area contributed by atoms with Crippen LogP contribution in [0.2, 0.25) is 0 Å². The van der Waals surface area contributed by atoms with Crippen molar-refractivity contribution in [3.8, 4) is 0 Å². The lowest BCUT2D eigenvalue weighted by molar-refractivity contribution is -0.111. The third-order valence-electron chi connectivity index (χ3n) is 1.46. The van der Waals surface area contributed by atoms with Crippen LogP contribution >= 0.6 is 23.4 Å². The molecule has 0 aromatic rings. The molecule has 3 heteroatoms. The van der Waals surface area contributed by atoms with Crippen LogP contribution in [0.4, 0.5) is 0 Å². The molecule has 0 aliphatic carbocycles. The minimum atomic E-state index is -0.276. The van der Waals surface area contributed by atoms with Gasteiger partial charge in [0, 0.05) is 5.75 Å². The Balaban J connectivity index is 2.67. The highest BCUT2D eigenvalue weighted by atomic mass is 35.5. The molecule has 1 aliphatic rings. The zero-order valence-electron chi connectivity index (χ0n) is 6.26. The van der Waals surface area contributed by atoms with Crippen LogP contribution in [0, 0.1) is 0 Å². The van der Waals surface area contributed by atoms with Crippen LogP contribution in [0.15, 0.2) is 22.6 Å². The Morgan fingerprint density at radius 1 is 1.82 bits per heavy atom. The maximum absolute atomic E-state index is 10.6. The van der Waals surface area contributed by atoms with Crippen LogP contribution in [0.3, 0.4) is 0 Å². The number of carbonyl (C=O) groups excluding carboxylic acids is 1. The quantitative estimate of drug-likeness (QED) is 0.620. The number of hydrogen-bond donors (Lipinski definition) is 0. The van der Waals surface area contributed by atoms with Gasteiger partial charge in [-0.3, -0.25) is 4.79 Å². The number of halogens is 1. The molecule has 0 radical (unpaired) electrons. The zero-order chi connectivity index (χ0) is 8.27. The van der Waals surface area contributed by atoms with Gasteiger partial charge in [-0.1, -0.05) is 12.2 Å². The van der Waals surface area contributed by atoms with Gasteiger partial charge in [0.2, 0.25) is 5.24 Å². The average Bonchev–Trinajstić information content (AvgIpc) is 1.93. The van der Waals surface area contributed by atoms with E-state index in [1.165, 1.54) is 0 Å². The highest BCUT2D eigenvalue weighted by Gasteiger charge is 2.08.